The first-order valence-corrected chi connectivity index (χ1v) is 4.77. The molecule has 2 rings (SSSR count). The third kappa shape index (κ3) is 1.84. The van der Waals surface area contributed by atoms with Gasteiger partial charge in [0.2, 0.25) is 0 Å². The minimum atomic E-state index is -0.381. The summed E-state index contributed by atoms with van der Waals surface area (Å²) in [6.07, 6.45) is 4.67. The summed E-state index contributed by atoms with van der Waals surface area (Å²) < 4.78 is 1.65. The molecule has 0 bridgehead atoms. The van der Waals surface area contributed by atoms with Gasteiger partial charge in [0.1, 0.15) is 6.33 Å². The number of nitrogens with zero attached hydrogens (tertiary/aromatic N) is 4. The van der Waals surface area contributed by atoms with Gasteiger partial charge < -0.3 is 5.73 Å². The van der Waals surface area contributed by atoms with E-state index < -0.39 is 0 Å². The van der Waals surface area contributed by atoms with Crippen molar-refractivity contribution in [2.45, 2.75) is 6.04 Å². The summed E-state index contributed by atoms with van der Waals surface area (Å²) in [7, 11) is 1.79. The average molecular weight is 224 g/mol. The molecule has 2 N–H and O–H groups in total. The molecule has 0 saturated carbocycles. The Hall–Kier alpha value is -1.46. The van der Waals surface area contributed by atoms with Crippen LogP contribution in [0.25, 0.3) is 0 Å². The van der Waals surface area contributed by atoms with Gasteiger partial charge >= 0.3 is 0 Å². The predicted octanol–water partition coefficient (Wildman–Crippen LogP) is 0.912. The maximum absolute atomic E-state index is 6.03. The molecular formula is C9H10ClN5. The number of hydrogen-bond donors (Lipinski definition) is 1. The van der Waals surface area contributed by atoms with Crippen LogP contribution in [0.15, 0.2) is 24.8 Å². The lowest BCUT2D eigenvalue weighted by atomic mass is 10.1. The summed E-state index contributed by atoms with van der Waals surface area (Å²) in [5.41, 5.74) is 7.49. The number of nitrogens with two attached hydrogens (primary N) is 1. The topological polar surface area (TPSA) is 69.6 Å². The predicted molar refractivity (Wildman–Crippen MR) is 56.3 cm³/mol. The Bertz CT molecular complexity index is 433. The van der Waals surface area contributed by atoms with Crippen LogP contribution in [0.3, 0.4) is 0 Å². The second-order valence-corrected chi connectivity index (χ2v) is 3.52. The first-order valence-electron chi connectivity index (χ1n) is 4.39. The lowest BCUT2D eigenvalue weighted by molar-refractivity contribution is 0.662. The quantitative estimate of drug-likeness (QED) is 0.822. The maximum atomic E-state index is 6.03. The van der Waals surface area contributed by atoms with Gasteiger partial charge in [-0.15, -0.1) is 0 Å². The van der Waals surface area contributed by atoms with E-state index in [0.29, 0.717) is 5.02 Å². The summed E-state index contributed by atoms with van der Waals surface area (Å²) in [6.45, 7) is 0. The highest BCUT2D eigenvalue weighted by Crippen LogP contribution is 2.23. The molecule has 0 amide bonds. The monoisotopic (exact) mass is 223 g/mol. The minimum absolute atomic E-state index is 0.381. The number of aryl methyl sites for hydroxylation is 1. The third-order valence-corrected chi connectivity index (χ3v) is 2.45. The molecule has 0 aliphatic carbocycles. The highest BCUT2D eigenvalue weighted by Gasteiger charge is 2.17. The molecule has 15 heavy (non-hydrogen) atoms. The van der Waals surface area contributed by atoms with Crippen molar-refractivity contribution in [3.63, 3.8) is 0 Å². The number of rotatable bonds is 2. The molecule has 0 aliphatic heterocycles. The van der Waals surface area contributed by atoms with Gasteiger partial charge in [0.05, 0.1) is 28.6 Å². The summed E-state index contributed by atoms with van der Waals surface area (Å²) in [5.74, 6) is 0. The zero-order valence-corrected chi connectivity index (χ0v) is 8.89. The molecule has 0 fully saturated rings. The van der Waals surface area contributed by atoms with Crippen molar-refractivity contribution in [1.82, 2.24) is 19.7 Å². The van der Waals surface area contributed by atoms with Gasteiger partial charge in [-0.25, -0.2) is 9.97 Å². The zero-order valence-electron chi connectivity index (χ0n) is 8.13. The maximum Gasteiger partial charge on any atom is 0.115 e. The van der Waals surface area contributed by atoms with Crippen LogP contribution >= 0.6 is 11.6 Å². The molecule has 1 unspecified atom stereocenters. The van der Waals surface area contributed by atoms with Crippen molar-refractivity contribution in [3.8, 4) is 0 Å². The molecular weight excluding hydrogens is 214 g/mol. The third-order valence-electron chi connectivity index (χ3n) is 2.16. The molecule has 0 aliphatic rings. The Morgan fingerprint density at radius 3 is 2.87 bits per heavy atom. The molecule has 2 aromatic heterocycles. The molecule has 0 saturated heterocycles. The van der Waals surface area contributed by atoms with Crippen molar-refractivity contribution in [1.29, 1.82) is 0 Å². The normalized spacial score (nSPS) is 12.7. The fourth-order valence-electron chi connectivity index (χ4n) is 1.40. The van der Waals surface area contributed by atoms with Crippen LogP contribution in [0, 0.1) is 0 Å². The second-order valence-electron chi connectivity index (χ2n) is 3.11. The van der Waals surface area contributed by atoms with E-state index in [1.807, 2.05) is 0 Å². The first-order chi connectivity index (χ1) is 7.20. The van der Waals surface area contributed by atoms with E-state index in [4.69, 9.17) is 17.3 Å². The molecule has 2 heterocycles. The van der Waals surface area contributed by atoms with Gasteiger partial charge in [0, 0.05) is 13.2 Å². The van der Waals surface area contributed by atoms with Crippen LogP contribution in [0.5, 0.6) is 0 Å². The Morgan fingerprint density at radius 2 is 2.33 bits per heavy atom. The summed E-state index contributed by atoms with van der Waals surface area (Å²) >= 11 is 5.98. The van der Waals surface area contributed by atoms with Gasteiger partial charge in [0.25, 0.3) is 0 Å². The van der Waals surface area contributed by atoms with Crippen LogP contribution in [0.2, 0.25) is 5.02 Å². The SMILES string of the molecule is Cn1ncc(Cl)c1C(N)c1ccncn1. The smallest absolute Gasteiger partial charge is 0.115 e. The first kappa shape index (κ1) is 10.1. The number of aromatic nitrogens is 4. The van der Waals surface area contributed by atoms with Crippen LogP contribution in [0.1, 0.15) is 17.4 Å². The van der Waals surface area contributed by atoms with E-state index in [0.717, 1.165) is 11.4 Å². The molecule has 1 atom stereocenters. The lowest BCUT2D eigenvalue weighted by Crippen LogP contribution is -2.17. The molecule has 5 nitrogen and oxygen atoms in total. The summed E-state index contributed by atoms with van der Waals surface area (Å²) in [6, 6.07) is 1.38. The lowest BCUT2D eigenvalue weighted by Gasteiger charge is -2.11. The fourth-order valence-corrected chi connectivity index (χ4v) is 1.68. The highest BCUT2D eigenvalue weighted by molar-refractivity contribution is 6.31. The molecule has 6 heteroatoms. The van der Waals surface area contributed by atoms with E-state index in [9.17, 15) is 0 Å². The van der Waals surface area contributed by atoms with E-state index in [1.165, 1.54) is 6.33 Å². The molecule has 78 valence electrons. The van der Waals surface area contributed by atoms with Crippen LogP contribution in [0.4, 0.5) is 0 Å². The van der Waals surface area contributed by atoms with Gasteiger partial charge in [0.15, 0.2) is 0 Å². The van der Waals surface area contributed by atoms with Crippen molar-refractivity contribution in [2.24, 2.45) is 12.8 Å². The van der Waals surface area contributed by atoms with E-state index in [2.05, 4.69) is 15.1 Å². The molecule has 0 aromatic carbocycles. The van der Waals surface area contributed by atoms with E-state index in [-0.39, 0.29) is 6.04 Å². The van der Waals surface area contributed by atoms with Crippen molar-refractivity contribution < 1.29 is 0 Å². The van der Waals surface area contributed by atoms with Gasteiger partial charge in [-0.1, -0.05) is 11.6 Å². The van der Waals surface area contributed by atoms with Crippen LogP contribution in [-0.4, -0.2) is 19.7 Å². The standard InChI is InChI=1S/C9H10ClN5/c1-15-9(6(10)4-14-15)8(11)7-2-3-12-5-13-7/h2-5,8H,11H2,1H3. The van der Waals surface area contributed by atoms with Gasteiger partial charge in [-0.05, 0) is 6.07 Å². The van der Waals surface area contributed by atoms with Gasteiger partial charge in [-0.3, -0.25) is 4.68 Å². The Morgan fingerprint density at radius 1 is 1.53 bits per heavy atom. The minimum Gasteiger partial charge on any atom is -0.318 e. The van der Waals surface area contributed by atoms with Crippen molar-refractivity contribution in [2.75, 3.05) is 0 Å². The highest BCUT2D eigenvalue weighted by atomic mass is 35.5. The van der Waals surface area contributed by atoms with Crippen molar-refractivity contribution >= 4 is 11.6 Å². The molecule has 0 spiro atoms. The van der Waals surface area contributed by atoms with Crippen molar-refractivity contribution in [3.05, 3.63) is 41.2 Å². The van der Waals surface area contributed by atoms with E-state index >= 15 is 0 Å². The summed E-state index contributed by atoms with van der Waals surface area (Å²) in [4.78, 5) is 7.91. The zero-order chi connectivity index (χ0) is 10.8. The van der Waals surface area contributed by atoms with Gasteiger partial charge in [-0.2, -0.15) is 5.10 Å². The Labute approximate surface area is 91.9 Å². The Kier molecular flexibility index (Phi) is 2.66. The van der Waals surface area contributed by atoms with E-state index in [1.54, 1.807) is 30.2 Å². The van der Waals surface area contributed by atoms with Crippen LogP contribution in [-0.2, 0) is 7.05 Å². The number of hydrogen-bond acceptors (Lipinski definition) is 4. The second kappa shape index (κ2) is 3.96. The Balaban J connectivity index is 2.41. The fraction of sp³-hybridized carbons (Fsp3) is 0.222. The molecule has 2 aromatic rings. The average Bonchev–Trinajstić information content (AvgIpc) is 2.59. The summed E-state index contributed by atoms with van der Waals surface area (Å²) in [5, 5.41) is 4.57. The molecule has 0 radical (unpaired) electrons. The number of halogens is 1. The van der Waals surface area contributed by atoms with Crippen LogP contribution < -0.4 is 5.73 Å². The largest absolute Gasteiger partial charge is 0.318 e.